The van der Waals surface area contributed by atoms with Crippen LogP contribution < -0.4 is 5.56 Å². The highest BCUT2D eigenvalue weighted by Crippen LogP contribution is 2.19. The van der Waals surface area contributed by atoms with Gasteiger partial charge in [0.2, 0.25) is 0 Å². The maximum atomic E-state index is 11.2. The van der Waals surface area contributed by atoms with Gasteiger partial charge in [0.15, 0.2) is 0 Å². The largest absolute Gasteiger partial charge is 0.319 e. The molecule has 0 aliphatic heterocycles. The van der Waals surface area contributed by atoms with Crippen LogP contribution in [0.2, 0.25) is 0 Å². The lowest BCUT2D eigenvalue weighted by molar-refractivity contribution is 1.14. The molecular weight excluding hydrogens is 214 g/mol. The Balaban J connectivity index is 2.21. The molecule has 3 rings (SSSR count). The molecule has 0 aliphatic rings. The molecule has 0 fully saturated rings. The van der Waals surface area contributed by atoms with E-state index in [9.17, 15) is 4.79 Å². The van der Waals surface area contributed by atoms with E-state index < -0.39 is 0 Å². The van der Waals surface area contributed by atoms with Gasteiger partial charge in [-0.05, 0) is 12.1 Å². The van der Waals surface area contributed by atoms with Crippen molar-refractivity contribution < 1.29 is 0 Å². The molecule has 2 aromatic heterocycles. The Morgan fingerprint density at radius 1 is 1.06 bits per heavy atom. The van der Waals surface area contributed by atoms with Crippen molar-refractivity contribution in [3.63, 3.8) is 0 Å². The summed E-state index contributed by atoms with van der Waals surface area (Å²) in [5.41, 5.74) is 2.25. The van der Waals surface area contributed by atoms with E-state index in [1.54, 1.807) is 12.4 Å². The molecule has 3 aromatic rings. The lowest BCUT2D eigenvalue weighted by Crippen LogP contribution is -2.05. The minimum Gasteiger partial charge on any atom is -0.319 e. The maximum absolute atomic E-state index is 11.2. The monoisotopic (exact) mass is 223 g/mol. The molecule has 17 heavy (non-hydrogen) atoms. The standard InChI is InChI=1S/C13H9N3O/c17-13-8-14-7-12(16-13)10-5-9-3-1-2-4-11(9)15-6-10/h1-8H,(H,16,17). The zero-order valence-electron chi connectivity index (χ0n) is 8.92. The average molecular weight is 223 g/mol. The summed E-state index contributed by atoms with van der Waals surface area (Å²) in [5, 5.41) is 1.04. The molecule has 1 N–H and O–H groups in total. The molecule has 0 atom stereocenters. The number of H-pyrrole nitrogens is 1. The first-order chi connectivity index (χ1) is 8.33. The second-order valence-electron chi connectivity index (χ2n) is 3.73. The second-order valence-corrected chi connectivity index (χ2v) is 3.73. The topological polar surface area (TPSA) is 58.6 Å². The minimum atomic E-state index is -0.212. The number of benzene rings is 1. The van der Waals surface area contributed by atoms with E-state index in [-0.39, 0.29) is 5.56 Å². The van der Waals surface area contributed by atoms with Crippen molar-refractivity contribution in [1.29, 1.82) is 0 Å². The van der Waals surface area contributed by atoms with E-state index in [1.807, 2.05) is 30.3 Å². The van der Waals surface area contributed by atoms with Gasteiger partial charge in [-0.25, -0.2) is 0 Å². The summed E-state index contributed by atoms with van der Waals surface area (Å²) in [7, 11) is 0. The van der Waals surface area contributed by atoms with E-state index in [1.165, 1.54) is 6.20 Å². The summed E-state index contributed by atoms with van der Waals surface area (Å²) >= 11 is 0. The van der Waals surface area contributed by atoms with E-state index in [0.29, 0.717) is 5.69 Å². The van der Waals surface area contributed by atoms with Crippen LogP contribution in [0.3, 0.4) is 0 Å². The highest BCUT2D eigenvalue weighted by molar-refractivity contribution is 5.82. The molecule has 0 radical (unpaired) electrons. The van der Waals surface area contributed by atoms with Gasteiger partial charge in [0, 0.05) is 17.1 Å². The van der Waals surface area contributed by atoms with Crippen LogP contribution in [0, 0.1) is 0 Å². The molecule has 0 bridgehead atoms. The van der Waals surface area contributed by atoms with Gasteiger partial charge in [0.05, 0.1) is 23.6 Å². The number of fused-ring (bicyclic) bond motifs is 1. The quantitative estimate of drug-likeness (QED) is 0.686. The number of para-hydroxylation sites is 1. The zero-order chi connectivity index (χ0) is 11.7. The van der Waals surface area contributed by atoms with Gasteiger partial charge >= 0.3 is 0 Å². The highest BCUT2D eigenvalue weighted by atomic mass is 16.1. The van der Waals surface area contributed by atoms with Crippen LogP contribution in [-0.2, 0) is 0 Å². The van der Waals surface area contributed by atoms with Crippen molar-refractivity contribution in [1.82, 2.24) is 15.0 Å². The molecular formula is C13H9N3O. The molecule has 0 spiro atoms. The summed E-state index contributed by atoms with van der Waals surface area (Å²) < 4.78 is 0. The van der Waals surface area contributed by atoms with Crippen molar-refractivity contribution in [3.05, 3.63) is 59.3 Å². The van der Waals surface area contributed by atoms with Gasteiger partial charge in [-0.15, -0.1) is 0 Å². The lowest BCUT2D eigenvalue weighted by atomic mass is 10.1. The first kappa shape index (κ1) is 9.72. The van der Waals surface area contributed by atoms with Gasteiger partial charge in [-0.1, -0.05) is 18.2 Å². The summed E-state index contributed by atoms with van der Waals surface area (Å²) in [6.07, 6.45) is 4.60. The predicted molar refractivity (Wildman–Crippen MR) is 65.6 cm³/mol. The fraction of sp³-hybridized carbons (Fsp3) is 0. The summed E-state index contributed by atoms with van der Waals surface area (Å²) in [6, 6.07) is 9.82. The Morgan fingerprint density at radius 2 is 1.94 bits per heavy atom. The van der Waals surface area contributed by atoms with Crippen molar-refractivity contribution >= 4 is 10.9 Å². The van der Waals surface area contributed by atoms with Gasteiger partial charge in [-0.2, -0.15) is 0 Å². The van der Waals surface area contributed by atoms with Crippen LogP contribution in [0.4, 0.5) is 0 Å². The minimum absolute atomic E-state index is 0.212. The van der Waals surface area contributed by atoms with Crippen LogP contribution >= 0.6 is 0 Å². The maximum Gasteiger partial charge on any atom is 0.266 e. The zero-order valence-corrected chi connectivity index (χ0v) is 8.92. The molecule has 0 aliphatic carbocycles. The molecule has 82 valence electrons. The third-order valence-electron chi connectivity index (χ3n) is 2.55. The van der Waals surface area contributed by atoms with Gasteiger partial charge in [0.25, 0.3) is 5.56 Å². The van der Waals surface area contributed by atoms with Crippen LogP contribution in [0.25, 0.3) is 22.2 Å². The van der Waals surface area contributed by atoms with Crippen LogP contribution in [0.15, 0.2) is 53.7 Å². The lowest BCUT2D eigenvalue weighted by Gasteiger charge is -2.02. The molecule has 0 amide bonds. The predicted octanol–water partition coefficient (Wildman–Crippen LogP) is 1.99. The molecule has 0 unspecified atom stereocenters. The summed E-state index contributed by atoms with van der Waals surface area (Å²) in [5.74, 6) is 0. The van der Waals surface area contributed by atoms with Gasteiger partial charge in [0.1, 0.15) is 0 Å². The summed E-state index contributed by atoms with van der Waals surface area (Å²) in [4.78, 5) is 22.1. The van der Waals surface area contributed by atoms with Crippen LogP contribution in [-0.4, -0.2) is 15.0 Å². The van der Waals surface area contributed by atoms with E-state index in [4.69, 9.17) is 0 Å². The fourth-order valence-corrected chi connectivity index (χ4v) is 1.74. The SMILES string of the molecule is O=c1cncc(-c2cnc3ccccc3c2)[nH]1. The number of nitrogens with one attached hydrogen (secondary N) is 1. The molecule has 2 heterocycles. The fourth-order valence-electron chi connectivity index (χ4n) is 1.74. The normalized spacial score (nSPS) is 10.6. The molecule has 0 saturated carbocycles. The van der Waals surface area contributed by atoms with Crippen molar-refractivity contribution in [2.24, 2.45) is 0 Å². The smallest absolute Gasteiger partial charge is 0.266 e. The van der Waals surface area contributed by atoms with Gasteiger partial charge in [-0.3, -0.25) is 14.8 Å². The van der Waals surface area contributed by atoms with E-state index in [2.05, 4.69) is 15.0 Å². The Hall–Kier alpha value is -2.49. The Bertz CT molecular complexity index is 734. The Morgan fingerprint density at radius 3 is 2.82 bits per heavy atom. The van der Waals surface area contributed by atoms with Crippen molar-refractivity contribution in [2.75, 3.05) is 0 Å². The number of nitrogens with zero attached hydrogens (tertiary/aromatic N) is 2. The number of pyridine rings is 1. The summed E-state index contributed by atoms with van der Waals surface area (Å²) in [6.45, 7) is 0. The molecule has 1 aromatic carbocycles. The number of hydrogen-bond donors (Lipinski definition) is 1. The number of aromatic nitrogens is 3. The highest BCUT2D eigenvalue weighted by Gasteiger charge is 2.01. The van der Waals surface area contributed by atoms with Crippen LogP contribution in [0.5, 0.6) is 0 Å². The van der Waals surface area contributed by atoms with Crippen molar-refractivity contribution in [3.8, 4) is 11.3 Å². The third kappa shape index (κ3) is 1.80. The number of aromatic amines is 1. The molecule has 0 saturated heterocycles. The second kappa shape index (κ2) is 3.83. The first-order valence-corrected chi connectivity index (χ1v) is 5.22. The molecule has 4 nitrogen and oxygen atoms in total. The Labute approximate surface area is 97.0 Å². The number of rotatable bonds is 1. The van der Waals surface area contributed by atoms with E-state index in [0.717, 1.165) is 16.5 Å². The van der Waals surface area contributed by atoms with Gasteiger partial charge < -0.3 is 4.98 Å². The van der Waals surface area contributed by atoms with E-state index >= 15 is 0 Å². The Kier molecular flexibility index (Phi) is 2.19. The third-order valence-corrected chi connectivity index (χ3v) is 2.55. The first-order valence-electron chi connectivity index (χ1n) is 5.22. The number of hydrogen-bond acceptors (Lipinski definition) is 3. The van der Waals surface area contributed by atoms with Crippen molar-refractivity contribution in [2.45, 2.75) is 0 Å². The molecule has 4 heteroatoms. The van der Waals surface area contributed by atoms with Crippen LogP contribution in [0.1, 0.15) is 0 Å². The average Bonchev–Trinajstić information content (AvgIpc) is 2.38.